The Morgan fingerprint density at radius 3 is 2.50 bits per heavy atom. The molecule has 4 heterocycles. The highest BCUT2D eigenvalue weighted by atomic mass is 32.1. The second-order valence-electron chi connectivity index (χ2n) is 11.2. The molecule has 2 N–H and O–H groups in total. The minimum Gasteiger partial charge on any atom is -0.343 e. The molecule has 6 rings (SSSR count). The Bertz CT molecular complexity index is 1760. The second-order valence-corrected chi connectivity index (χ2v) is 12.3. The molecule has 1 aromatic carbocycles. The molecule has 1 unspecified atom stereocenters. The number of anilines is 3. The van der Waals surface area contributed by atoms with Crippen LogP contribution in [0.2, 0.25) is 0 Å². The zero-order valence-corrected chi connectivity index (χ0v) is 25.7. The van der Waals surface area contributed by atoms with Crippen LogP contribution in [-0.2, 0) is 24.7 Å². The predicted molar refractivity (Wildman–Crippen MR) is 169 cm³/mol. The minimum absolute atomic E-state index is 0.0545. The average molecular weight is 616 g/mol. The minimum atomic E-state index is -0.670. The molecule has 1 fully saturated rings. The van der Waals surface area contributed by atoms with Gasteiger partial charge in [0.15, 0.2) is 17.5 Å². The van der Waals surface area contributed by atoms with Gasteiger partial charge in [-0.25, -0.2) is 14.4 Å². The molecular weight excluding hydrogens is 581 g/mol. The smallest absolute Gasteiger partial charge is 0.293 e. The summed E-state index contributed by atoms with van der Waals surface area (Å²) in [4.78, 5) is 53.4. The average Bonchev–Trinajstić information content (AvgIpc) is 3.47. The molecule has 1 atom stereocenters. The monoisotopic (exact) mass is 615 g/mol. The first-order valence-electron chi connectivity index (χ1n) is 14.8. The number of nitrogens with one attached hydrogen (secondary N) is 2. The largest absolute Gasteiger partial charge is 0.343 e. The lowest BCUT2D eigenvalue weighted by molar-refractivity contribution is -0.140. The Balaban J connectivity index is 1.23. The summed E-state index contributed by atoms with van der Waals surface area (Å²) in [6.45, 7) is 4.30. The number of benzene rings is 1. The number of pyridine rings is 1. The Kier molecular flexibility index (Phi) is 8.28. The third kappa shape index (κ3) is 5.87. The van der Waals surface area contributed by atoms with Crippen LogP contribution in [0, 0.1) is 5.82 Å². The number of rotatable bonds is 7. The van der Waals surface area contributed by atoms with E-state index in [1.165, 1.54) is 44.7 Å². The van der Waals surface area contributed by atoms with E-state index in [1.54, 1.807) is 11.9 Å². The maximum atomic E-state index is 14.8. The van der Waals surface area contributed by atoms with Crippen molar-refractivity contribution < 1.29 is 14.0 Å². The molecule has 1 saturated heterocycles. The van der Waals surface area contributed by atoms with Crippen molar-refractivity contribution >= 4 is 40.5 Å². The van der Waals surface area contributed by atoms with Gasteiger partial charge in [-0.2, -0.15) is 0 Å². The number of aryl methyl sites for hydroxylation is 3. The van der Waals surface area contributed by atoms with Crippen LogP contribution >= 0.6 is 11.3 Å². The fourth-order valence-corrected chi connectivity index (χ4v) is 6.87. The van der Waals surface area contributed by atoms with Crippen molar-refractivity contribution in [2.75, 3.05) is 37.3 Å². The van der Waals surface area contributed by atoms with Gasteiger partial charge in [0.25, 0.3) is 11.5 Å². The molecule has 4 aromatic rings. The van der Waals surface area contributed by atoms with Crippen molar-refractivity contribution in [1.82, 2.24) is 24.3 Å². The molecule has 2 aliphatic rings. The fourth-order valence-electron chi connectivity index (χ4n) is 5.72. The van der Waals surface area contributed by atoms with Gasteiger partial charge in [0.05, 0.1) is 10.6 Å². The number of likely N-dealkylation sites (N-methyl/N-ethyl adjacent to an activating group) is 2. The molecule has 1 aliphatic carbocycles. The number of hydrogen-bond acceptors (Lipinski definition) is 8. The molecule has 2 amide bonds. The van der Waals surface area contributed by atoms with Gasteiger partial charge in [-0.15, -0.1) is 11.3 Å². The highest BCUT2D eigenvalue weighted by Gasteiger charge is 2.33. The molecule has 10 nitrogen and oxygen atoms in total. The number of aromatic nitrogens is 3. The summed E-state index contributed by atoms with van der Waals surface area (Å²) in [6.07, 6.45) is 5.65. The maximum absolute atomic E-state index is 14.8. The number of carbonyl (C=O) groups excluding carboxylic acids is 2. The van der Waals surface area contributed by atoms with E-state index in [4.69, 9.17) is 0 Å². The van der Waals surface area contributed by atoms with E-state index in [2.05, 4.69) is 25.5 Å². The Labute approximate surface area is 258 Å². The molecule has 1 aliphatic heterocycles. The molecular formula is C32H34FN7O3S. The van der Waals surface area contributed by atoms with Crippen molar-refractivity contribution in [2.45, 2.75) is 38.6 Å². The van der Waals surface area contributed by atoms with E-state index >= 15 is 0 Å². The van der Waals surface area contributed by atoms with Gasteiger partial charge < -0.3 is 20.1 Å². The van der Waals surface area contributed by atoms with Gasteiger partial charge >= 0.3 is 0 Å². The van der Waals surface area contributed by atoms with Crippen LogP contribution in [0.15, 0.2) is 53.5 Å². The number of fused-ring (bicyclic) bond motifs is 1. The topological polar surface area (TPSA) is 112 Å². The van der Waals surface area contributed by atoms with Gasteiger partial charge in [-0.05, 0) is 73.7 Å². The van der Waals surface area contributed by atoms with Crippen LogP contribution in [0.3, 0.4) is 0 Å². The molecule has 12 heteroatoms. The highest BCUT2D eigenvalue weighted by molar-refractivity contribution is 7.14. The van der Waals surface area contributed by atoms with Crippen LogP contribution in [0.1, 0.15) is 51.5 Å². The van der Waals surface area contributed by atoms with Gasteiger partial charge in [-0.1, -0.05) is 19.1 Å². The van der Waals surface area contributed by atoms with Crippen LogP contribution in [0.25, 0.3) is 11.4 Å². The van der Waals surface area contributed by atoms with Gasteiger partial charge in [0.2, 0.25) is 5.91 Å². The zero-order valence-electron chi connectivity index (χ0n) is 24.9. The molecule has 0 bridgehead atoms. The number of carbonyl (C=O) groups is 2. The highest BCUT2D eigenvalue weighted by Crippen LogP contribution is 2.31. The van der Waals surface area contributed by atoms with Crippen molar-refractivity contribution in [3.05, 3.63) is 85.7 Å². The summed E-state index contributed by atoms with van der Waals surface area (Å²) in [7, 11) is 3.41. The van der Waals surface area contributed by atoms with Gasteiger partial charge in [-0.3, -0.25) is 19.3 Å². The van der Waals surface area contributed by atoms with Crippen LogP contribution in [0.4, 0.5) is 21.7 Å². The SMILES string of the molecule is CCN1CCN(C)C(=O)C1c1ccc(Nc2nc(-c3ccc(F)c(NC(=O)c4cc5c(s4)CCCC5)n3)cn(C)c2=O)cc1. The third-order valence-corrected chi connectivity index (χ3v) is 9.46. The molecule has 44 heavy (non-hydrogen) atoms. The molecule has 0 radical (unpaired) electrons. The van der Waals surface area contributed by atoms with Crippen molar-refractivity contribution in [1.29, 1.82) is 0 Å². The van der Waals surface area contributed by atoms with Crippen molar-refractivity contribution in [2.24, 2.45) is 7.05 Å². The maximum Gasteiger partial charge on any atom is 0.293 e. The molecule has 0 saturated carbocycles. The van der Waals surface area contributed by atoms with E-state index in [0.29, 0.717) is 28.5 Å². The predicted octanol–water partition coefficient (Wildman–Crippen LogP) is 4.75. The standard InChI is InChI=1S/C32H34FN7O3S/c1-4-40-16-15-38(2)31(42)27(40)19-9-11-21(12-10-19)34-29-32(43)39(3)18-24(36-29)23-14-13-22(33)28(35-23)37-30(41)26-17-20-7-5-6-8-25(20)44-26/h9-14,17-18,27H,4-8,15-16H2,1-3H3,(H,34,36)(H,35,37,41). The lowest BCUT2D eigenvalue weighted by atomic mass is 9.99. The number of thiophene rings is 1. The van der Waals surface area contributed by atoms with E-state index in [1.807, 2.05) is 44.3 Å². The van der Waals surface area contributed by atoms with E-state index < -0.39 is 11.7 Å². The fraction of sp³-hybridized carbons (Fsp3) is 0.344. The number of nitrogens with zero attached hydrogens (tertiary/aromatic N) is 5. The molecule has 228 valence electrons. The van der Waals surface area contributed by atoms with Crippen molar-refractivity contribution in [3.8, 4) is 11.4 Å². The van der Waals surface area contributed by atoms with E-state index in [9.17, 15) is 18.8 Å². The Morgan fingerprint density at radius 1 is 1.00 bits per heavy atom. The van der Waals surface area contributed by atoms with Gasteiger partial charge in [0.1, 0.15) is 11.7 Å². The van der Waals surface area contributed by atoms with E-state index in [-0.39, 0.29) is 29.1 Å². The Morgan fingerprint density at radius 2 is 1.75 bits per heavy atom. The first-order valence-corrected chi connectivity index (χ1v) is 15.6. The van der Waals surface area contributed by atoms with Gasteiger partial charge in [0, 0.05) is 43.9 Å². The molecule has 3 aromatic heterocycles. The second kappa shape index (κ2) is 12.3. The van der Waals surface area contributed by atoms with Crippen LogP contribution in [0.5, 0.6) is 0 Å². The quantitative estimate of drug-likeness (QED) is 0.309. The summed E-state index contributed by atoms with van der Waals surface area (Å²) < 4.78 is 16.1. The summed E-state index contributed by atoms with van der Waals surface area (Å²) in [5.74, 6) is -1.17. The first kappa shape index (κ1) is 29.6. The molecule has 0 spiro atoms. The van der Waals surface area contributed by atoms with Crippen LogP contribution < -0.4 is 16.2 Å². The first-order chi connectivity index (χ1) is 21.2. The zero-order chi connectivity index (χ0) is 31.0. The van der Waals surface area contributed by atoms with E-state index in [0.717, 1.165) is 44.3 Å². The lowest BCUT2D eigenvalue weighted by Crippen LogP contribution is -2.50. The van der Waals surface area contributed by atoms with Crippen LogP contribution in [-0.4, -0.2) is 62.8 Å². The third-order valence-electron chi connectivity index (χ3n) is 8.23. The normalized spacial score (nSPS) is 17.0. The summed E-state index contributed by atoms with van der Waals surface area (Å²) in [5.41, 5.74) is 2.93. The summed E-state index contributed by atoms with van der Waals surface area (Å²) in [6, 6.07) is 11.6. The Hall–Kier alpha value is -4.42. The number of hydrogen-bond donors (Lipinski definition) is 2. The lowest BCUT2D eigenvalue weighted by Gasteiger charge is -2.38. The summed E-state index contributed by atoms with van der Waals surface area (Å²) in [5, 5.41) is 5.69. The van der Waals surface area contributed by atoms with Crippen molar-refractivity contribution in [3.63, 3.8) is 0 Å². The summed E-state index contributed by atoms with van der Waals surface area (Å²) >= 11 is 1.44. The number of halogens is 1. The number of amides is 2. The number of piperazine rings is 1.